The van der Waals surface area contributed by atoms with E-state index < -0.39 is 46.0 Å². The second kappa shape index (κ2) is 13.1. The van der Waals surface area contributed by atoms with Crippen LogP contribution in [0.5, 0.6) is 0 Å². The number of rotatable bonds is 11. The van der Waals surface area contributed by atoms with Crippen LogP contribution in [0.4, 0.5) is 10.1 Å². The highest BCUT2D eigenvalue weighted by atomic mass is 32.2. The average molecular weight is 569 g/mol. The number of hydrogen-bond donors (Lipinski definition) is 1. The molecule has 0 aliphatic rings. The van der Waals surface area contributed by atoms with E-state index in [1.54, 1.807) is 48.5 Å². The molecule has 0 aliphatic carbocycles. The van der Waals surface area contributed by atoms with E-state index >= 15 is 0 Å². The number of carbonyl (C=O) groups excluding carboxylic acids is 2. The SMILES string of the molecule is CN(C)S(=O)(=O)N(CC(=O)N(Cc1ccccc1F)[C@H](Cc1ccccc1)C(=O)NC(C)(C)C)c1ccccc1. The topological polar surface area (TPSA) is 90.0 Å². The molecule has 40 heavy (non-hydrogen) atoms. The maximum absolute atomic E-state index is 14.8. The van der Waals surface area contributed by atoms with Crippen molar-refractivity contribution in [1.29, 1.82) is 0 Å². The van der Waals surface area contributed by atoms with Gasteiger partial charge in [0.25, 0.3) is 0 Å². The fourth-order valence-electron chi connectivity index (χ4n) is 4.13. The summed E-state index contributed by atoms with van der Waals surface area (Å²) in [7, 11) is -1.34. The Morgan fingerprint density at radius 1 is 0.875 bits per heavy atom. The van der Waals surface area contributed by atoms with Gasteiger partial charge in [-0.3, -0.25) is 9.59 Å². The first-order chi connectivity index (χ1) is 18.8. The van der Waals surface area contributed by atoms with Crippen molar-refractivity contribution in [3.8, 4) is 0 Å². The average Bonchev–Trinajstić information content (AvgIpc) is 2.90. The lowest BCUT2D eigenvalue weighted by Gasteiger charge is -2.35. The van der Waals surface area contributed by atoms with Crippen LogP contribution in [0.25, 0.3) is 0 Å². The molecule has 8 nitrogen and oxygen atoms in total. The van der Waals surface area contributed by atoms with Gasteiger partial charge in [-0.05, 0) is 44.5 Å². The Hall–Kier alpha value is -3.76. The lowest BCUT2D eigenvalue weighted by molar-refractivity contribution is -0.140. The number of nitrogens with one attached hydrogen (secondary N) is 1. The summed E-state index contributed by atoms with van der Waals surface area (Å²) in [5.74, 6) is -1.61. The lowest BCUT2D eigenvalue weighted by atomic mass is 10.0. The first kappa shape index (κ1) is 30.8. The third kappa shape index (κ3) is 8.12. The zero-order valence-corrected chi connectivity index (χ0v) is 24.4. The Bertz CT molecular complexity index is 1390. The van der Waals surface area contributed by atoms with Crippen molar-refractivity contribution in [3.05, 3.63) is 102 Å². The van der Waals surface area contributed by atoms with Crippen LogP contribution in [-0.2, 0) is 32.8 Å². The molecule has 3 aromatic rings. The van der Waals surface area contributed by atoms with E-state index in [-0.39, 0.29) is 24.2 Å². The van der Waals surface area contributed by atoms with Gasteiger partial charge in [-0.2, -0.15) is 12.7 Å². The Morgan fingerprint density at radius 2 is 1.43 bits per heavy atom. The first-order valence-corrected chi connectivity index (χ1v) is 14.3. The molecule has 1 atom stereocenters. The van der Waals surface area contributed by atoms with Gasteiger partial charge in [-0.25, -0.2) is 8.70 Å². The van der Waals surface area contributed by atoms with Gasteiger partial charge in [0.05, 0.1) is 5.69 Å². The Balaban J connectivity index is 2.11. The molecule has 0 saturated heterocycles. The quantitative estimate of drug-likeness (QED) is 0.379. The van der Waals surface area contributed by atoms with E-state index in [0.717, 1.165) is 14.2 Å². The number of para-hydroxylation sites is 1. The van der Waals surface area contributed by atoms with Crippen molar-refractivity contribution in [2.75, 3.05) is 24.9 Å². The van der Waals surface area contributed by atoms with E-state index in [1.165, 1.54) is 25.1 Å². The molecule has 3 aromatic carbocycles. The highest BCUT2D eigenvalue weighted by Crippen LogP contribution is 2.22. The normalized spacial score (nSPS) is 12.6. The summed E-state index contributed by atoms with van der Waals surface area (Å²) in [6.07, 6.45) is 0.148. The van der Waals surface area contributed by atoms with Gasteiger partial charge < -0.3 is 10.2 Å². The maximum Gasteiger partial charge on any atom is 0.304 e. The Morgan fingerprint density at radius 3 is 1.98 bits per heavy atom. The second-order valence-electron chi connectivity index (χ2n) is 10.7. The molecule has 0 fully saturated rings. The summed E-state index contributed by atoms with van der Waals surface area (Å²) in [4.78, 5) is 29.1. The van der Waals surface area contributed by atoms with E-state index in [4.69, 9.17) is 0 Å². The molecule has 0 saturated carbocycles. The van der Waals surface area contributed by atoms with Gasteiger partial charge in [0, 0.05) is 38.2 Å². The molecule has 0 radical (unpaired) electrons. The van der Waals surface area contributed by atoms with Crippen LogP contribution in [0.2, 0.25) is 0 Å². The fraction of sp³-hybridized carbons (Fsp3) is 0.333. The van der Waals surface area contributed by atoms with Crippen LogP contribution in [0, 0.1) is 5.82 Å². The van der Waals surface area contributed by atoms with E-state index in [9.17, 15) is 22.4 Å². The van der Waals surface area contributed by atoms with Gasteiger partial charge in [-0.1, -0.05) is 66.7 Å². The van der Waals surface area contributed by atoms with Gasteiger partial charge in [0.1, 0.15) is 18.4 Å². The smallest absolute Gasteiger partial charge is 0.304 e. The van der Waals surface area contributed by atoms with Crippen molar-refractivity contribution in [1.82, 2.24) is 14.5 Å². The molecule has 0 spiro atoms. The molecular weight excluding hydrogens is 531 g/mol. The molecule has 0 aromatic heterocycles. The molecule has 10 heteroatoms. The van der Waals surface area contributed by atoms with Crippen molar-refractivity contribution in [3.63, 3.8) is 0 Å². The second-order valence-corrected chi connectivity index (χ2v) is 12.8. The minimum atomic E-state index is -4.09. The largest absolute Gasteiger partial charge is 0.350 e. The molecule has 0 aliphatic heterocycles. The summed E-state index contributed by atoms with van der Waals surface area (Å²) in [5, 5.41) is 2.94. The number of nitrogens with zero attached hydrogens (tertiary/aromatic N) is 3. The summed E-state index contributed by atoms with van der Waals surface area (Å²) in [5.41, 5.74) is 0.681. The van der Waals surface area contributed by atoms with Gasteiger partial charge in [0.2, 0.25) is 11.8 Å². The number of benzene rings is 3. The first-order valence-electron chi connectivity index (χ1n) is 12.9. The van der Waals surface area contributed by atoms with E-state index in [0.29, 0.717) is 0 Å². The Kier molecular flexibility index (Phi) is 10.1. The zero-order chi connectivity index (χ0) is 29.5. The number of halogens is 1. The van der Waals surface area contributed by atoms with Crippen LogP contribution in [0.1, 0.15) is 31.9 Å². The summed E-state index contributed by atoms with van der Waals surface area (Å²) in [6.45, 7) is 4.66. The van der Waals surface area contributed by atoms with Crippen LogP contribution < -0.4 is 9.62 Å². The fourth-order valence-corrected chi connectivity index (χ4v) is 5.18. The van der Waals surface area contributed by atoms with Gasteiger partial charge in [0.15, 0.2) is 0 Å². The molecule has 214 valence electrons. The van der Waals surface area contributed by atoms with Crippen LogP contribution in [0.3, 0.4) is 0 Å². The number of carbonyl (C=O) groups is 2. The lowest BCUT2D eigenvalue weighted by Crippen LogP contribution is -2.56. The third-order valence-electron chi connectivity index (χ3n) is 6.13. The zero-order valence-electron chi connectivity index (χ0n) is 23.5. The van der Waals surface area contributed by atoms with E-state index in [2.05, 4.69) is 5.32 Å². The molecule has 0 unspecified atom stereocenters. The monoisotopic (exact) mass is 568 g/mol. The molecule has 3 rings (SSSR count). The molecule has 0 bridgehead atoms. The highest BCUT2D eigenvalue weighted by molar-refractivity contribution is 7.90. The van der Waals surface area contributed by atoms with Crippen LogP contribution >= 0.6 is 0 Å². The standard InChI is InChI=1S/C30H37FN4O4S/c1-30(2,3)32-29(37)27(20-23-14-8-6-9-15-23)34(21-24-16-12-13-19-26(24)31)28(36)22-35(40(38,39)33(4)5)25-17-10-7-11-18-25/h6-19,27H,20-22H2,1-5H3,(H,32,37)/t27-/m1/s1. The van der Waals surface area contributed by atoms with Gasteiger partial charge >= 0.3 is 10.2 Å². The van der Waals surface area contributed by atoms with Crippen molar-refractivity contribution in [2.45, 2.75) is 45.3 Å². The minimum absolute atomic E-state index is 0.148. The molecule has 2 amide bonds. The summed E-state index contributed by atoms with van der Waals surface area (Å²) in [6, 6.07) is 22.4. The van der Waals surface area contributed by atoms with Crippen molar-refractivity contribution < 1.29 is 22.4 Å². The van der Waals surface area contributed by atoms with E-state index in [1.807, 2.05) is 51.1 Å². The Labute approximate surface area is 236 Å². The van der Waals surface area contributed by atoms with Gasteiger partial charge in [-0.15, -0.1) is 0 Å². The predicted octanol–water partition coefficient (Wildman–Crippen LogP) is 3.99. The maximum atomic E-state index is 14.8. The summed E-state index contributed by atoms with van der Waals surface area (Å²) >= 11 is 0. The molecular formula is C30H37FN4O4S. The number of hydrogen-bond acceptors (Lipinski definition) is 4. The van der Waals surface area contributed by atoms with Crippen molar-refractivity contribution in [2.24, 2.45) is 0 Å². The third-order valence-corrected chi connectivity index (χ3v) is 7.95. The summed E-state index contributed by atoms with van der Waals surface area (Å²) < 4.78 is 43.5. The van der Waals surface area contributed by atoms with Crippen LogP contribution in [-0.4, -0.2) is 61.7 Å². The predicted molar refractivity (Wildman–Crippen MR) is 155 cm³/mol. The van der Waals surface area contributed by atoms with Crippen molar-refractivity contribution >= 4 is 27.7 Å². The molecule has 0 heterocycles. The van der Waals surface area contributed by atoms with Crippen LogP contribution in [0.15, 0.2) is 84.9 Å². The highest BCUT2D eigenvalue weighted by Gasteiger charge is 2.36. The minimum Gasteiger partial charge on any atom is -0.350 e. The number of amides is 2. The molecule has 1 N–H and O–H groups in total. The number of anilines is 1.